The normalized spacial score (nSPS) is 23.4. The van der Waals surface area contributed by atoms with E-state index in [-0.39, 0.29) is 0 Å². The fraction of sp³-hybridized carbons (Fsp3) is 0.750. The molecule has 1 saturated carbocycles. The van der Waals surface area contributed by atoms with Crippen LogP contribution in [-0.4, -0.2) is 25.4 Å². The smallest absolute Gasteiger partial charge is 0.129 e. The molecule has 1 heterocycles. The van der Waals surface area contributed by atoms with Crippen molar-refractivity contribution in [3.8, 4) is 0 Å². The average molecular weight is 281 g/mol. The van der Waals surface area contributed by atoms with Gasteiger partial charge < -0.3 is 19.2 Å². The second-order valence-electron chi connectivity index (χ2n) is 5.86. The van der Waals surface area contributed by atoms with Gasteiger partial charge in [-0.15, -0.1) is 0 Å². The van der Waals surface area contributed by atoms with Gasteiger partial charge in [0, 0.05) is 13.2 Å². The van der Waals surface area contributed by atoms with Crippen molar-refractivity contribution in [3.05, 3.63) is 23.7 Å². The van der Waals surface area contributed by atoms with Gasteiger partial charge in [-0.05, 0) is 37.8 Å². The van der Waals surface area contributed by atoms with Gasteiger partial charge in [-0.1, -0.05) is 13.8 Å². The van der Waals surface area contributed by atoms with E-state index in [0.29, 0.717) is 24.9 Å². The number of hydrogen-bond acceptors (Lipinski definition) is 4. The maximum absolute atomic E-state index is 5.95. The molecular formula is C16H27NO3. The van der Waals surface area contributed by atoms with Gasteiger partial charge in [-0.2, -0.15) is 0 Å². The Kier molecular flexibility index (Phi) is 6.07. The predicted molar refractivity (Wildman–Crippen MR) is 78.5 cm³/mol. The lowest BCUT2D eigenvalue weighted by atomic mass is 9.95. The molecule has 2 rings (SSSR count). The fourth-order valence-corrected chi connectivity index (χ4v) is 2.57. The van der Waals surface area contributed by atoms with Gasteiger partial charge in [0.1, 0.15) is 18.1 Å². The molecule has 2 unspecified atom stereocenters. The summed E-state index contributed by atoms with van der Waals surface area (Å²) in [5.74, 6) is 1.88. The van der Waals surface area contributed by atoms with Crippen LogP contribution >= 0.6 is 0 Å². The molecule has 0 radical (unpaired) electrons. The van der Waals surface area contributed by atoms with Crippen LogP contribution in [0.4, 0.5) is 0 Å². The van der Waals surface area contributed by atoms with Gasteiger partial charge in [-0.3, -0.25) is 0 Å². The van der Waals surface area contributed by atoms with E-state index in [1.807, 2.05) is 12.1 Å². The van der Waals surface area contributed by atoms with Crippen molar-refractivity contribution in [1.29, 1.82) is 0 Å². The van der Waals surface area contributed by atoms with E-state index in [9.17, 15) is 0 Å². The van der Waals surface area contributed by atoms with Gasteiger partial charge in [0.2, 0.25) is 0 Å². The SMILES string of the molecule is COC1CCCC(OCc2ccc(CNC(C)C)o2)C1. The lowest BCUT2D eigenvalue weighted by Crippen LogP contribution is -2.27. The van der Waals surface area contributed by atoms with Crippen LogP contribution in [0.2, 0.25) is 0 Å². The molecule has 0 saturated heterocycles. The minimum Gasteiger partial charge on any atom is -0.462 e. The van der Waals surface area contributed by atoms with E-state index in [4.69, 9.17) is 13.9 Å². The molecular weight excluding hydrogens is 254 g/mol. The number of nitrogens with one attached hydrogen (secondary N) is 1. The molecule has 1 aliphatic rings. The van der Waals surface area contributed by atoms with Crippen LogP contribution in [0.1, 0.15) is 51.1 Å². The largest absolute Gasteiger partial charge is 0.462 e. The Bertz CT molecular complexity index is 389. The molecule has 4 heteroatoms. The fourth-order valence-electron chi connectivity index (χ4n) is 2.57. The van der Waals surface area contributed by atoms with Crippen molar-refractivity contribution >= 4 is 0 Å². The first kappa shape index (κ1) is 15.5. The molecule has 0 spiro atoms. The van der Waals surface area contributed by atoms with E-state index >= 15 is 0 Å². The predicted octanol–water partition coefficient (Wildman–Crippen LogP) is 3.25. The first-order valence-corrected chi connectivity index (χ1v) is 7.62. The van der Waals surface area contributed by atoms with E-state index in [0.717, 1.165) is 37.3 Å². The summed E-state index contributed by atoms with van der Waals surface area (Å²) in [5.41, 5.74) is 0. The van der Waals surface area contributed by atoms with Gasteiger partial charge in [0.05, 0.1) is 18.8 Å². The number of hydrogen-bond donors (Lipinski definition) is 1. The van der Waals surface area contributed by atoms with Gasteiger partial charge in [-0.25, -0.2) is 0 Å². The Morgan fingerprint density at radius 3 is 2.75 bits per heavy atom. The van der Waals surface area contributed by atoms with Crippen molar-refractivity contribution < 1.29 is 13.9 Å². The molecule has 2 atom stereocenters. The highest BCUT2D eigenvalue weighted by Crippen LogP contribution is 2.24. The average Bonchev–Trinajstić information content (AvgIpc) is 2.91. The van der Waals surface area contributed by atoms with E-state index in [2.05, 4.69) is 19.2 Å². The summed E-state index contributed by atoms with van der Waals surface area (Å²) in [6, 6.07) is 4.49. The first-order chi connectivity index (χ1) is 9.67. The quantitative estimate of drug-likeness (QED) is 0.833. The monoisotopic (exact) mass is 281 g/mol. The topological polar surface area (TPSA) is 43.6 Å². The van der Waals surface area contributed by atoms with E-state index in [1.54, 1.807) is 7.11 Å². The molecule has 0 amide bonds. The van der Waals surface area contributed by atoms with Crippen LogP contribution < -0.4 is 5.32 Å². The molecule has 1 aliphatic carbocycles. The second-order valence-corrected chi connectivity index (χ2v) is 5.86. The molecule has 0 aromatic carbocycles. The van der Waals surface area contributed by atoms with E-state index < -0.39 is 0 Å². The molecule has 1 aromatic rings. The molecule has 4 nitrogen and oxygen atoms in total. The standard InChI is InChI=1S/C16H27NO3/c1-12(2)17-10-15-7-8-16(20-15)11-19-14-6-4-5-13(9-14)18-3/h7-8,12-14,17H,4-6,9-11H2,1-3H3. The molecule has 114 valence electrons. The number of rotatable bonds is 7. The zero-order chi connectivity index (χ0) is 14.4. The third-order valence-corrected chi connectivity index (χ3v) is 3.77. The molecule has 1 N–H and O–H groups in total. The lowest BCUT2D eigenvalue weighted by Gasteiger charge is -2.27. The summed E-state index contributed by atoms with van der Waals surface area (Å²) in [7, 11) is 1.79. The first-order valence-electron chi connectivity index (χ1n) is 7.62. The third kappa shape index (κ3) is 4.93. The van der Waals surface area contributed by atoms with Crippen LogP contribution in [0.5, 0.6) is 0 Å². The van der Waals surface area contributed by atoms with Crippen molar-refractivity contribution in [2.75, 3.05) is 7.11 Å². The van der Waals surface area contributed by atoms with Crippen LogP contribution in [0, 0.1) is 0 Å². The van der Waals surface area contributed by atoms with E-state index in [1.165, 1.54) is 6.42 Å². The Hall–Kier alpha value is -0.840. The highest BCUT2D eigenvalue weighted by Gasteiger charge is 2.22. The zero-order valence-electron chi connectivity index (χ0n) is 12.9. The summed E-state index contributed by atoms with van der Waals surface area (Å²) in [5, 5.41) is 3.34. The molecule has 1 fully saturated rings. The summed E-state index contributed by atoms with van der Waals surface area (Å²) in [6.45, 7) is 5.58. The van der Waals surface area contributed by atoms with Crippen LogP contribution in [0.15, 0.2) is 16.5 Å². The maximum atomic E-state index is 5.95. The Balaban J connectivity index is 1.73. The highest BCUT2D eigenvalue weighted by molar-refractivity contribution is 5.06. The Morgan fingerprint density at radius 1 is 1.25 bits per heavy atom. The number of furan rings is 1. The highest BCUT2D eigenvalue weighted by atomic mass is 16.5. The van der Waals surface area contributed by atoms with Gasteiger partial charge in [0.25, 0.3) is 0 Å². The summed E-state index contributed by atoms with van der Waals surface area (Å²) >= 11 is 0. The minimum absolute atomic E-state index is 0.302. The minimum atomic E-state index is 0.302. The Morgan fingerprint density at radius 2 is 2.00 bits per heavy atom. The van der Waals surface area contributed by atoms with Crippen molar-refractivity contribution in [3.63, 3.8) is 0 Å². The Labute approximate surface area is 121 Å². The van der Waals surface area contributed by atoms with Gasteiger partial charge in [0.15, 0.2) is 0 Å². The van der Waals surface area contributed by atoms with Gasteiger partial charge >= 0.3 is 0 Å². The number of methoxy groups -OCH3 is 1. The summed E-state index contributed by atoms with van der Waals surface area (Å²) in [6.07, 6.45) is 5.13. The molecule has 0 bridgehead atoms. The number of ether oxygens (including phenoxy) is 2. The lowest BCUT2D eigenvalue weighted by molar-refractivity contribution is -0.0407. The molecule has 0 aliphatic heterocycles. The zero-order valence-corrected chi connectivity index (χ0v) is 12.9. The maximum Gasteiger partial charge on any atom is 0.129 e. The summed E-state index contributed by atoms with van der Waals surface area (Å²) < 4.78 is 17.1. The molecule has 1 aromatic heterocycles. The van der Waals surface area contributed by atoms with Crippen molar-refractivity contribution in [1.82, 2.24) is 5.32 Å². The van der Waals surface area contributed by atoms with Crippen molar-refractivity contribution in [2.24, 2.45) is 0 Å². The third-order valence-electron chi connectivity index (χ3n) is 3.77. The van der Waals surface area contributed by atoms with Crippen LogP contribution in [0.25, 0.3) is 0 Å². The van der Waals surface area contributed by atoms with Crippen LogP contribution in [0.3, 0.4) is 0 Å². The molecule has 20 heavy (non-hydrogen) atoms. The second kappa shape index (κ2) is 7.81. The van der Waals surface area contributed by atoms with Crippen molar-refractivity contribution in [2.45, 2.75) is 70.9 Å². The summed E-state index contributed by atoms with van der Waals surface area (Å²) in [4.78, 5) is 0. The van der Waals surface area contributed by atoms with Crippen LogP contribution in [-0.2, 0) is 22.6 Å².